The lowest BCUT2D eigenvalue weighted by Crippen LogP contribution is -2.28. The Balaban J connectivity index is 1.69. The molecule has 0 saturated heterocycles. The molecular weight excluding hydrogens is 282 g/mol. The summed E-state index contributed by atoms with van der Waals surface area (Å²) >= 11 is 7.61. The van der Waals surface area contributed by atoms with Crippen molar-refractivity contribution < 1.29 is 9.53 Å². The molecule has 0 bridgehead atoms. The van der Waals surface area contributed by atoms with E-state index in [1.165, 1.54) is 4.88 Å². The van der Waals surface area contributed by atoms with Crippen molar-refractivity contribution in [1.29, 1.82) is 0 Å². The van der Waals surface area contributed by atoms with Gasteiger partial charge in [-0.05, 0) is 30.0 Å². The summed E-state index contributed by atoms with van der Waals surface area (Å²) in [4.78, 5) is 12.9. The fourth-order valence-corrected chi connectivity index (χ4v) is 2.43. The minimum atomic E-state index is -0.334. The van der Waals surface area contributed by atoms with Crippen molar-refractivity contribution in [3.63, 3.8) is 0 Å². The first-order valence-electron chi connectivity index (χ1n) is 5.94. The highest BCUT2D eigenvalue weighted by molar-refractivity contribution is 7.09. The first-order chi connectivity index (χ1) is 9.25. The van der Waals surface area contributed by atoms with Gasteiger partial charge in [0.25, 0.3) is 0 Å². The molecule has 1 aromatic heterocycles. The lowest BCUT2D eigenvalue weighted by molar-refractivity contribution is -0.133. The van der Waals surface area contributed by atoms with E-state index in [-0.39, 0.29) is 12.5 Å². The van der Waals surface area contributed by atoms with Gasteiger partial charge in [-0.15, -0.1) is 11.3 Å². The Hall–Kier alpha value is -1.36. The SMILES string of the molecule is O=C(CNCCc1cccs1)Oc1ccccc1Cl. The van der Waals surface area contributed by atoms with Crippen molar-refractivity contribution in [2.75, 3.05) is 13.1 Å². The summed E-state index contributed by atoms with van der Waals surface area (Å²) in [6, 6.07) is 11.0. The number of carbonyl (C=O) groups excluding carboxylic acids is 1. The second-order valence-electron chi connectivity index (χ2n) is 3.91. The van der Waals surface area contributed by atoms with Crippen LogP contribution in [0.1, 0.15) is 4.88 Å². The lowest BCUT2D eigenvalue weighted by atomic mass is 10.3. The minimum Gasteiger partial charge on any atom is -0.424 e. The average Bonchev–Trinajstić information content (AvgIpc) is 2.91. The number of benzene rings is 1. The first-order valence-corrected chi connectivity index (χ1v) is 7.20. The van der Waals surface area contributed by atoms with Crippen LogP contribution in [-0.4, -0.2) is 19.1 Å². The Kier molecular flexibility index (Phi) is 5.39. The molecule has 0 amide bonds. The number of halogens is 1. The molecule has 100 valence electrons. The summed E-state index contributed by atoms with van der Waals surface area (Å²) in [5.74, 6) is 0.0634. The zero-order valence-corrected chi connectivity index (χ0v) is 11.8. The predicted molar refractivity (Wildman–Crippen MR) is 78.0 cm³/mol. The topological polar surface area (TPSA) is 38.3 Å². The molecule has 0 aliphatic heterocycles. The van der Waals surface area contributed by atoms with Crippen LogP contribution in [0.5, 0.6) is 5.75 Å². The highest BCUT2D eigenvalue weighted by atomic mass is 35.5. The third kappa shape index (κ3) is 4.67. The number of rotatable bonds is 6. The van der Waals surface area contributed by atoms with Crippen LogP contribution in [0.15, 0.2) is 41.8 Å². The molecule has 0 radical (unpaired) electrons. The second kappa shape index (κ2) is 7.28. The molecule has 2 aromatic rings. The number of nitrogens with one attached hydrogen (secondary N) is 1. The normalized spacial score (nSPS) is 10.4. The molecule has 0 saturated carbocycles. The van der Waals surface area contributed by atoms with E-state index >= 15 is 0 Å². The molecule has 0 atom stereocenters. The summed E-state index contributed by atoms with van der Waals surface area (Å²) in [6.45, 7) is 0.925. The van der Waals surface area contributed by atoms with E-state index in [0.717, 1.165) is 13.0 Å². The molecule has 5 heteroatoms. The number of thiophene rings is 1. The number of hydrogen-bond acceptors (Lipinski definition) is 4. The second-order valence-corrected chi connectivity index (χ2v) is 5.35. The largest absolute Gasteiger partial charge is 0.424 e. The Bertz CT molecular complexity index is 528. The van der Waals surface area contributed by atoms with Crippen LogP contribution in [0.3, 0.4) is 0 Å². The molecule has 0 spiro atoms. The molecule has 2 rings (SSSR count). The van der Waals surface area contributed by atoms with Gasteiger partial charge in [-0.25, -0.2) is 0 Å². The molecule has 0 unspecified atom stereocenters. The van der Waals surface area contributed by atoms with E-state index in [9.17, 15) is 4.79 Å². The predicted octanol–water partition coefficient (Wildman–Crippen LogP) is 3.14. The van der Waals surface area contributed by atoms with Crippen LogP contribution >= 0.6 is 22.9 Å². The van der Waals surface area contributed by atoms with Gasteiger partial charge in [0.15, 0.2) is 0 Å². The Morgan fingerprint density at radius 2 is 2.11 bits per heavy atom. The summed E-state index contributed by atoms with van der Waals surface area (Å²) in [5, 5.41) is 5.53. The minimum absolute atomic E-state index is 0.177. The molecule has 3 nitrogen and oxygen atoms in total. The van der Waals surface area contributed by atoms with Crippen LogP contribution in [0, 0.1) is 0 Å². The third-order valence-electron chi connectivity index (χ3n) is 2.46. The molecule has 1 aromatic carbocycles. The molecule has 19 heavy (non-hydrogen) atoms. The van der Waals surface area contributed by atoms with Gasteiger partial charge in [-0.1, -0.05) is 29.8 Å². The van der Waals surface area contributed by atoms with Crippen molar-refractivity contribution in [3.05, 3.63) is 51.7 Å². The summed E-state index contributed by atoms with van der Waals surface area (Å²) in [5.41, 5.74) is 0. The maximum Gasteiger partial charge on any atom is 0.325 e. The maximum absolute atomic E-state index is 11.6. The van der Waals surface area contributed by atoms with Crippen molar-refractivity contribution in [1.82, 2.24) is 5.32 Å². The van der Waals surface area contributed by atoms with Crippen LogP contribution in [0.4, 0.5) is 0 Å². The van der Waals surface area contributed by atoms with Crippen molar-refractivity contribution in [2.24, 2.45) is 0 Å². The zero-order valence-electron chi connectivity index (χ0n) is 10.3. The van der Waals surface area contributed by atoms with Gasteiger partial charge < -0.3 is 10.1 Å². The summed E-state index contributed by atoms with van der Waals surface area (Å²) in [7, 11) is 0. The fourth-order valence-electron chi connectivity index (χ4n) is 1.54. The summed E-state index contributed by atoms with van der Waals surface area (Å²) < 4.78 is 5.15. The van der Waals surface area contributed by atoms with Gasteiger partial charge in [0.05, 0.1) is 11.6 Å². The van der Waals surface area contributed by atoms with Crippen molar-refractivity contribution in [2.45, 2.75) is 6.42 Å². The smallest absolute Gasteiger partial charge is 0.325 e. The van der Waals surface area contributed by atoms with E-state index in [1.807, 2.05) is 11.4 Å². The quantitative estimate of drug-likeness (QED) is 0.505. The number of carbonyl (C=O) groups is 1. The molecule has 1 heterocycles. The fraction of sp³-hybridized carbons (Fsp3) is 0.214. The van der Waals surface area contributed by atoms with Gasteiger partial charge in [-0.3, -0.25) is 4.79 Å². The van der Waals surface area contributed by atoms with Gasteiger partial charge in [0.2, 0.25) is 0 Å². The van der Waals surface area contributed by atoms with Crippen LogP contribution in [0.2, 0.25) is 5.02 Å². The Labute approximate surface area is 121 Å². The van der Waals surface area contributed by atoms with Crippen LogP contribution in [0.25, 0.3) is 0 Å². The molecule has 0 fully saturated rings. The molecule has 0 aliphatic rings. The van der Waals surface area contributed by atoms with E-state index in [4.69, 9.17) is 16.3 Å². The first kappa shape index (κ1) is 14.1. The third-order valence-corrected chi connectivity index (χ3v) is 3.71. The highest BCUT2D eigenvalue weighted by Gasteiger charge is 2.07. The molecule has 1 N–H and O–H groups in total. The maximum atomic E-state index is 11.6. The van der Waals surface area contributed by atoms with Crippen LogP contribution < -0.4 is 10.1 Å². The Morgan fingerprint density at radius 1 is 1.26 bits per heavy atom. The molecular formula is C14H14ClNO2S. The van der Waals surface area contributed by atoms with E-state index in [0.29, 0.717) is 10.8 Å². The van der Waals surface area contributed by atoms with Gasteiger partial charge >= 0.3 is 5.97 Å². The number of hydrogen-bond donors (Lipinski definition) is 1. The summed E-state index contributed by atoms with van der Waals surface area (Å²) in [6.07, 6.45) is 0.914. The lowest BCUT2D eigenvalue weighted by Gasteiger charge is -2.06. The molecule has 0 aliphatic carbocycles. The Morgan fingerprint density at radius 3 is 2.84 bits per heavy atom. The van der Waals surface area contributed by atoms with Crippen LogP contribution in [-0.2, 0) is 11.2 Å². The monoisotopic (exact) mass is 295 g/mol. The van der Waals surface area contributed by atoms with E-state index in [1.54, 1.807) is 35.6 Å². The van der Waals surface area contributed by atoms with E-state index < -0.39 is 0 Å². The average molecular weight is 296 g/mol. The van der Waals surface area contributed by atoms with Gasteiger partial charge in [0.1, 0.15) is 5.75 Å². The number of para-hydroxylation sites is 1. The highest BCUT2D eigenvalue weighted by Crippen LogP contribution is 2.22. The van der Waals surface area contributed by atoms with Gasteiger partial charge in [-0.2, -0.15) is 0 Å². The van der Waals surface area contributed by atoms with Crippen molar-refractivity contribution >= 4 is 28.9 Å². The number of esters is 1. The zero-order chi connectivity index (χ0) is 13.5. The standard InChI is InChI=1S/C14H14ClNO2S/c15-12-5-1-2-6-13(12)18-14(17)10-16-8-7-11-4-3-9-19-11/h1-6,9,16H,7-8,10H2. The van der Waals surface area contributed by atoms with E-state index in [2.05, 4.69) is 11.4 Å². The van der Waals surface area contributed by atoms with Gasteiger partial charge in [0, 0.05) is 11.4 Å². The van der Waals surface area contributed by atoms with Crippen molar-refractivity contribution in [3.8, 4) is 5.75 Å². The number of ether oxygens (including phenoxy) is 1.